The van der Waals surface area contributed by atoms with Gasteiger partial charge in [0.15, 0.2) is 0 Å². The molecule has 0 fully saturated rings. The molecule has 3 aliphatic rings. The molecule has 3 aliphatic heterocycles. The van der Waals surface area contributed by atoms with Gasteiger partial charge >= 0.3 is 0 Å². The molecule has 0 saturated carbocycles. The molecule has 0 N–H and O–H groups in total. The largest absolute Gasteiger partial charge is 0.457 e. The molecule has 0 radical (unpaired) electrons. The number of nitrogens with zero attached hydrogens (tertiary/aromatic N) is 4. The van der Waals surface area contributed by atoms with E-state index in [9.17, 15) is 0 Å². The van der Waals surface area contributed by atoms with Crippen molar-refractivity contribution < 1.29 is 14.2 Å². The van der Waals surface area contributed by atoms with E-state index in [4.69, 9.17) is 19.2 Å². The Labute approximate surface area is 237 Å². The fourth-order valence-electron chi connectivity index (χ4n) is 5.74. The molecule has 7 heteroatoms. The van der Waals surface area contributed by atoms with E-state index in [0.29, 0.717) is 12.6 Å². The Morgan fingerprint density at radius 1 is 0.805 bits per heavy atom. The lowest BCUT2D eigenvalue weighted by atomic mass is 9.88. The van der Waals surface area contributed by atoms with Crippen LogP contribution in [0, 0.1) is 0 Å². The average molecular weight is 541 g/mol. The van der Waals surface area contributed by atoms with Crippen LogP contribution in [0.25, 0.3) is 33.3 Å². The number of benzene rings is 3. The molecule has 0 aliphatic carbocycles. The second-order valence-corrected chi connectivity index (χ2v) is 11.5. The molecule has 0 unspecified atom stereocenters. The standard InChI is InChI=1S/C34H28N4O3/c1-34(2,3)23-13-14-35-31(18-23)38-28-10-5-4-9-26(28)27-12-11-25(19-29(27)38)41-24-8-6-7-22(17-24)30-20-40-33-32-36(15-16-39-32)21-37(30)33/h4-20H,21H2,1-3H3. The van der Waals surface area contributed by atoms with Gasteiger partial charge in [0.1, 0.15) is 36.5 Å². The number of pyridine rings is 1. The van der Waals surface area contributed by atoms with Gasteiger partial charge < -0.3 is 14.2 Å². The minimum Gasteiger partial charge on any atom is -0.457 e. The van der Waals surface area contributed by atoms with Crippen LogP contribution in [0.2, 0.25) is 0 Å². The smallest absolute Gasteiger partial charge is 0.263 e. The fourth-order valence-corrected chi connectivity index (χ4v) is 5.74. The van der Waals surface area contributed by atoms with Gasteiger partial charge in [-0.3, -0.25) is 14.4 Å². The van der Waals surface area contributed by atoms with Crippen molar-refractivity contribution in [2.24, 2.45) is 0 Å². The molecule has 2 aromatic heterocycles. The topological polar surface area (TPSA) is 52.0 Å². The lowest BCUT2D eigenvalue weighted by Crippen LogP contribution is -2.20. The predicted molar refractivity (Wildman–Crippen MR) is 159 cm³/mol. The van der Waals surface area contributed by atoms with Gasteiger partial charge in [-0.2, -0.15) is 0 Å². The summed E-state index contributed by atoms with van der Waals surface area (Å²) in [7, 11) is 0. The second kappa shape index (κ2) is 8.66. The van der Waals surface area contributed by atoms with Crippen molar-refractivity contribution in [2.45, 2.75) is 26.2 Å². The number of ether oxygens (including phenoxy) is 3. The van der Waals surface area contributed by atoms with Crippen LogP contribution in [0.1, 0.15) is 31.9 Å². The number of fused-ring (bicyclic) bond motifs is 5. The Hall–Kier alpha value is -5.17. The van der Waals surface area contributed by atoms with Crippen LogP contribution in [-0.4, -0.2) is 26.0 Å². The summed E-state index contributed by atoms with van der Waals surface area (Å²) in [6, 6.07) is 27.1. The van der Waals surface area contributed by atoms with Gasteiger partial charge in [0.05, 0.1) is 16.7 Å². The lowest BCUT2D eigenvalue weighted by molar-refractivity contribution is 0.254. The first-order valence-corrected chi connectivity index (χ1v) is 13.7. The molecule has 5 heterocycles. The monoisotopic (exact) mass is 540 g/mol. The van der Waals surface area contributed by atoms with Gasteiger partial charge in [-0.25, -0.2) is 4.98 Å². The SMILES string of the molecule is CC(C)(C)c1ccnc(-n2c3ccccc3c3ccc(Oc4cccc(C5=COC6=C7OC=CN7CN56)c4)cc32)c1. The highest BCUT2D eigenvalue weighted by Gasteiger charge is 2.39. The van der Waals surface area contributed by atoms with Crippen LogP contribution in [-0.2, 0) is 14.9 Å². The van der Waals surface area contributed by atoms with E-state index < -0.39 is 0 Å². The normalized spacial score (nSPS) is 15.8. The molecule has 8 rings (SSSR count). The molecular formula is C34H28N4O3. The quantitative estimate of drug-likeness (QED) is 0.232. The van der Waals surface area contributed by atoms with Crippen LogP contribution in [0.4, 0.5) is 0 Å². The second-order valence-electron chi connectivity index (χ2n) is 11.5. The molecule has 5 aromatic rings. The highest BCUT2D eigenvalue weighted by molar-refractivity contribution is 6.09. The summed E-state index contributed by atoms with van der Waals surface area (Å²) in [6.07, 6.45) is 7.25. The van der Waals surface area contributed by atoms with Gasteiger partial charge in [-0.1, -0.05) is 51.1 Å². The molecule has 0 spiro atoms. The summed E-state index contributed by atoms with van der Waals surface area (Å²) >= 11 is 0. The number of hydrogen-bond donors (Lipinski definition) is 0. The maximum atomic E-state index is 6.46. The molecule has 202 valence electrons. The first kappa shape index (κ1) is 23.7. The van der Waals surface area contributed by atoms with Crippen molar-refractivity contribution in [2.75, 3.05) is 6.67 Å². The molecular weight excluding hydrogens is 512 g/mol. The Bertz CT molecular complexity index is 1960. The van der Waals surface area contributed by atoms with E-state index >= 15 is 0 Å². The van der Waals surface area contributed by atoms with Crippen molar-refractivity contribution in [1.82, 2.24) is 19.4 Å². The molecule has 3 aromatic carbocycles. The van der Waals surface area contributed by atoms with Gasteiger partial charge in [0, 0.05) is 34.8 Å². The fraction of sp³-hybridized carbons (Fsp3) is 0.147. The third kappa shape index (κ3) is 3.77. The van der Waals surface area contributed by atoms with Crippen molar-refractivity contribution in [1.29, 1.82) is 0 Å². The summed E-state index contributed by atoms with van der Waals surface area (Å²) in [5.41, 5.74) is 5.38. The summed E-state index contributed by atoms with van der Waals surface area (Å²) in [5, 5.41) is 2.34. The molecule has 41 heavy (non-hydrogen) atoms. The molecule has 0 amide bonds. The van der Waals surface area contributed by atoms with E-state index in [1.807, 2.05) is 41.6 Å². The van der Waals surface area contributed by atoms with E-state index in [1.54, 1.807) is 12.5 Å². The van der Waals surface area contributed by atoms with Crippen LogP contribution < -0.4 is 4.74 Å². The molecule has 7 nitrogen and oxygen atoms in total. The average Bonchev–Trinajstić information content (AvgIpc) is 3.73. The van der Waals surface area contributed by atoms with E-state index in [1.165, 1.54) is 10.9 Å². The van der Waals surface area contributed by atoms with Gasteiger partial charge in [0.2, 0.25) is 0 Å². The van der Waals surface area contributed by atoms with Gasteiger partial charge in [-0.05, 0) is 53.4 Å². The molecule has 0 bridgehead atoms. The third-order valence-electron chi connectivity index (χ3n) is 7.83. The zero-order valence-corrected chi connectivity index (χ0v) is 23.0. The zero-order chi connectivity index (χ0) is 27.7. The number of aromatic nitrogens is 2. The Balaban J connectivity index is 1.17. The van der Waals surface area contributed by atoms with E-state index in [0.717, 1.165) is 50.9 Å². The summed E-state index contributed by atoms with van der Waals surface area (Å²) in [6.45, 7) is 7.31. The Morgan fingerprint density at radius 3 is 2.56 bits per heavy atom. The van der Waals surface area contributed by atoms with E-state index in [2.05, 4.69) is 84.8 Å². The van der Waals surface area contributed by atoms with Gasteiger partial charge in [-0.15, -0.1) is 0 Å². The zero-order valence-electron chi connectivity index (χ0n) is 23.0. The van der Waals surface area contributed by atoms with Crippen LogP contribution in [0.15, 0.2) is 116 Å². The number of hydrogen-bond acceptors (Lipinski definition) is 6. The highest BCUT2D eigenvalue weighted by atomic mass is 16.5. The maximum Gasteiger partial charge on any atom is 0.263 e. The number of para-hydroxylation sites is 1. The van der Waals surface area contributed by atoms with Crippen LogP contribution in [0.5, 0.6) is 11.5 Å². The van der Waals surface area contributed by atoms with Crippen LogP contribution in [0.3, 0.4) is 0 Å². The molecule has 0 atom stereocenters. The minimum atomic E-state index is 0.0156. The van der Waals surface area contributed by atoms with E-state index in [-0.39, 0.29) is 5.41 Å². The number of rotatable bonds is 4. The highest BCUT2D eigenvalue weighted by Crippen LogP contribution is 2.41. The summed E-state index contributed by atoms with van der Waals surface area (Å²) in [5.74, 6) is 3.82. The summed E-state index contributed by atoms with van der Waals surface area (Å²) < 4.78 is 20.1. The third-order valence-corrected chi connectivity index (χ3v) is 7.83. The molecule has 0 saturated heterocycles. The lowest BCUT2D eigenvalue weighted by Gasteiger charge is -2.20. The first-order chi connectivity index (χ1) is 19.9. The van der Waals surface area contributed by atoms with Crippen LogP contribution >= 0.6 is 0 Å². The first-order valence-electron chi connectivity index (χ1n) is 13.7. The maximum absolute atomic E-state index is 6.46. The predicted octanol–water partition coefficient (Wildman–Crippen LogP) is 7.80. The Kier molecular flexibility index (Phi) is 5.01. The minimum absolute atomic E-state index is 0.0156. The van der Waals surface area contributed by atoms with Crippen molar-refractivity contribution in [3.8, 4) is 17.3 Å². The summed E-state index contributed by atoms with van der Waals surface area (Å²) in [4.78, 5) is 8.91. The van der Waals surface area contributed by atoms with Crippen molar-refractivity contribution in [3.05, 3.63) is 127 Å². The van der Waals surface area contributed by atoms with Crippen molar-refractivity contribution in [3.63, 3.8) is 0 Å². The van der Waals surface area contributed by atoms with Crippen molar-refractivity contribution >= 4 is 27.5 Å². The van der Waals surface area contributed by atoms with Gasteiger partial charge in [0.25, 0.3) is 11.8 Å². The Morgan fingerprint density at radius 2 is 1.66 bits per heavy atom.